The van der Waals surface area contributed by atoms with Crippen LogP contribution in [0.5, 0.6) is 5.75 Å². The lowest BCUT2D eigenvalue weighted by Crippen LogP contribution is -1.98. The molecule has 0 N–H and O–H groups in total. The van der Waals surface area contributed by atoms with E-state index in [0.717, 1.165) is 11.1 Å². The molecule has 2 rings (SSSR count). The predicted octanol–water partition coefficient (Wildman–Crippen LogP) is 4.14. The van der Waals surface area contributed by atoms with Gasteiger partial charge in [0, 0.05) is 17.2 Å². The van der Waals surface area contributed by atoms with E-state index in [1.54, 1.807) is 24.3 Å². The van der Waals surface area contributed by atoms with E-state index in [9.17, 15) is 10.1 Å². The van der Waals surface area contributed by atoms with Gasteiger partial charge in [-0.2, -0.15) is 0 Å². The first-order chi connectivity index (χ1) is 9.06. The van der Waals surface area contributed by atoms with Gasteiger partial charge in [-0.05, 0) is 30.2 Å². The van der Waals surface area contributed by atoms with Gasteiger partial charge in [0.05, 0.1) is 4.92 Å². The summed E-state index contributed by atoms with van der Waals surface area (Å²) >= 11 is 5.90. The van der Waals surface area contributed by atoms with Gasteiger partial charge in [0.1, 0.15) is 12.4 Å². The van der Waals surface area contributed by atoms with Crippen molar-refractivity contribution >= 4 is 17.3 Å². The molecule has 0 aliphatic heterocycles. The van der Waals surface area contributed by atoms with Gasteiger partial charge in [0.25, 0.3) is 5.69 Å². The highest BCUT2D eigenvalue weighted by Gasteiger charge is 2.07. The average Bonchev–Trinajstić information content (AvgIpc) is 2.40. The van der Waals surface area contributed by atoms with Gasteiger partial charge in [-0.3, -0.25) is 10.1 Å². The highest BCUT2D eigenvalue weighted by molar-refractivity contribution is 6.30. The predicted molar refractivity (Wildman–Crippen MR) is 73.6 cm³/mol. The maximum absolute atomic E-state index is 10.7. The molecule has 0 spiro atoms. The summed E-state index contributed by atoms with van der Waals surface area (Å²) in [5.74, 6) is 0.680. The molecule has 0 saturated carbocycles. The maximum Gasteiger partial charge on any atom is 0.269 e. The number of benzene rings is 2. The van der Waals surface area contributed by atoms with E-state index < -0.39 is 4.92 Å². The van der Waals surface area contributed by atoms with Crippen LogP contribution in [-0.2, 0) is 6.61 Å². The molecule has 0 saturated heterocycles. The van der Waals surface area contributed by atoms with Crippen LogP contribution in [-0.4, -0.2) is 4.92 Å². The van der Waals surface area contributed by atoms with Crippen molar-refractivity contribution in [2.24, 2.45) is 0 Å². The van der Waals surface area contributed by atoms with Crippen molar-refractivity contribution in [3.8, 4) is 5.75 Å². The van der Waals surface area contributed by atoms with Gasteiger partial charge in [-0.25, -0.2) is 0 Å². The monoisotopic (exact) mass is 277 g/mol. The second kappa shape index (κ2) is 5.71. The smallest absolute Gasteiger partial charge is 0.269 e. The standard InChI is InChI=1S/C14H12ClNO3/c1-10-5-6-12(15)8-14(10)19-9-11-3-2-4-13(7-11)16(17)18/h2-8H,9H2,1H3. The molecule has 2 aromatic rings. The molecule has 0 amide bonds. The Bertz CT molecular complexity index is 613. The minimum absolute atomic E-state index is 0.0592. The van der Waals surface area contributed by atoms with Crippen LogP contribution in [0.2, 0.25) is 5.02 Å². The number of nitro benzene ring substituents is 1. The quantitative estimate of drug-likeness (QED) is 0.623. The Labute approximate surface area is 115 Å². The second-order valence-electron chi connectivity index (χ2n) is 4.13. The molecule has 2 aromatic carbocycles. The van der Waals surface area contributed by atoms with Gasteiger partial charge >= 0.3 is 0 Å². The molecule has 0 radical (unpaired) electrons. The number of aryl methyl sites for hydroxylation is 1. The first-order valence-electron chi connectivity index (χ1n) is 5.68. The van der Waals surface area contributed by atoms with Crippen LogP contribution in [0.25, 0.3) is 0 Å². The van der Waals surface area contributed by atoms with Crippen LogP contribution in [0.3, 0.4) is 0 Å². The number of hydrogen-bond donors (Lipinski definition) is 0. The number of ether oxygens (including phenoxy) is 1. The molecule has 5 heteroatoms. The van der Waals surface area contributed by atoms with Crippen molar-refractivity contribution in [2.75, 3.05) is 0 Å². The zero-order valence-electron chi connectivity index (χ0n) is 10.3. The second-order valence-corrected chi connectivity index (χ2v) is 4.56. The zero-order chi connectivity index (χ0) is 13.8. The summed E-state index contributed by atoms with van der Waals surface area (Å²) in [5.41, 5.74) is 1.77. The molecular formula is C14H12ClNO3. The van der Waals surface area contributed by atoms with Crippen LogP contribution in [0, 0.1) is 17.0 Å². The van der Waals surface area contributed by atoms with Crippen LogP contribution in [0.1, 0.15) is 11.1 Å². The SMILES string of the molecule is Cc1ccc(Cl)cc1OCc1cccc([N+](=O)[O-])c1. The molecule has 0 atom stereocenters. The number of hydrogen-bond acceptors (Lipinski definition) is 3. The number of rotatable bonds is 4. The third kappa shape index (κ3) is 3.45. The summed E-state index contributed by atoms with van der Waals surface area (Å²) in [5, 5.41) is 11.3. The summed E-state index contributed by atoms with van der Waals surface area (Å²) in [6.45, 7) is 2.18. The Balaban J connectivity index is 2.12. The Morgan fingerprint density at radius 2 is 2.05 bits per heavy atom. The van der Waals surface area contributed by atoms with Gasteiger partial charge < -0.3 is 4.74 Å². The summed E-state index contributed by atoms with van der Waals surface area (Å²) < 4.78 is 5.63. The average molecular weight is 278 g/mol. The number of nitrogens with zero attached hydrogens (tertiary/aromatic N) is 1. The van der Waals surface area contributed by atoms with E-state index in [4.69, 9.17) is 16.3 Å². The van der Waals surface area contributed by atoms with Crippen LogP contribution < -0.4 is 4.74 Å². The van der Waals surface area contributed by atoms with E-state index >= 15 is 0 Å². The minimum Gasteiger partial charge on any atom is -0.489 e. The Kier molecular flexibility index (Phi) is 4.02. The maximum atomic E-state index is 10.7. The highest BCUT2D eigenvalue weighted by atomic mass is 35.5. The van der Waals surface area contributed by atoms with E-state index in [1.807, 2.05) is 13.0 Å². The Hall–Kier alpha value is -2.07. The largest absolute Gasteiger partial charge is 0.489 e. The molecule has 19 heavy (non-hydrogen) atoms. The first-order valence-corrected chi connectivity index (χ1v) is 6.06. The molecule has 0 fully saturated rings. The minimum atomic E-state index is -0.422. The lowest BCUT2D eigenvalue weighted by atomic mass is 10.2. The van der Waals surface area contributed by atoms with E-state index in [2.05, 4.69) is 0 Å². The van der Waals surface area contributed by atoms with Gasteiger partial charge in [-0.15, -0.1) is 0 Å². The van der Waals surface area contributed by atoms with Gasteiger partial charge in [0.2, 0.25) is 0 Å². The van der Waals surface area contributed by atoms with Gasteiger partial charge in [0.15, 0.2) is 0 Å². The summed E-state index contributed by atoms with van der Waals surface area (Å²) in [7, 11) is 0. The first kappa shape index (κ1) is 13.4. The normalized spacial score (nSPS) is 10.2. The van der Waals surface area contributed by atoms with Crippen LogP contribution >= 0.6 is 11.6 Å². The molecule has 0 unspecified atom stereocenters. The third-order valence-corrected chi connectivity index (χ3v) is 2.90. The molecular weight excluding hydrogens is 266 g/mol. The Morgan fingerprint density at radius 3 is 2.79 bits per heavy atom. The van der Waals surface area contributed by atoms with Crippen LogP contribution in [0.15, 0.2) is 42.5 Å². The number of non-ortho nitro benzene ring substituents is 1. The lowest BCUT2D eigenvalue weighted by molar-refractivity contribution is -0.384. The van der Waals surface area contributed by atoms with Crippen LogP contribution in [0.4, 0.5) is 5.69 Å². The molecule has 0 bridgehead atoms. The summed E-state index contributed by atoms with van der Waals surface area (Å²) in [6.07, 6.45) is 0. The fourth-order valence-electron chi connectivity index (χ4n) is 1.65. The van der Waals surface area contributed by atoms with E-state index in [0.29, 0.717) is 10.8 Å². The fraction of sp³-hybridized carbons (Fsp3) is 0.143. The fourth-order valence-corrected chi connectivity index (χ4v) is 1.81. The van der Waals surface area contributed by atoms with E-state index in [1.165, 1.54) is 12.1 Å². The number of halogens is 1. The summed E-state index contributed by atoms with van der Waals surface area (Å²) in [4.78, 5) is 10.3. The molecule has 0 aliphatic rings. The van der Waals surface area contributed by atoms with Gasteiger partial charge in [-0.1, -0.05) is 29.8 Å². The third-order valence-electron chi connectivity index (χ3n) is 2.67. The van der Waals surface area contributed by atoms with Crippen molar-refractivity contribution in [1.29, 1.82) is 0 Å². The van der Waals surface area contributed by atoms with Crippen molar-refractivity contribution in [3.63, 3.8) is 0 Å². The van der Waals surface area contributed by atoms with Crippen molar-refractivity contribution in [2.45, 2.75) is 13.5 Å². The van der Waals surface area contributed by atoms with E-state index in [-0.39, 0.29) is 12.3 Å². The lowest BCUT2D eigenvalue weighted by Gasteiger charge is -2.09. The molecule has 4 nitrogen and oxygen atoms in total. The van der Waals surface area contributed by atoms with Crippen molar-refractivity contribution < 1.29 is 9.66 Å². The van der Waals surface area contributed by atoms with Crippen molar-refractivity contribution in [3.05, 3.63) is 68.7 Å². The van der Waals surface area contributed by atoms with Crippen molar-refractivity contribution in [1.82, 2.24) is 0 Å². The molecule has 0 heterocycles. The highest BCUT2D eigenvalue weighted by Crippen LogP contribution is 2.24. The molecule has 0 aromatic heterocycles. The molecule has 98 valence electrons. The topological polar surface area (TPSA) is 52.4 Å². The number of nitro groups is 1. The summed E-state index contributed by atoms with van der Waals surface area (Å²) in [6, 6.07) is 11.8. The zero-order valence-corrected chi connectivity index (χ0v) is 11.1. The Morgan fingerprint density at radius 1 is 1.26 bits per heavy atom. The molecule has 0 aliphatic carbocycles.